The molecule has 0 unspecified atom stereocenters. The maximum Gasteiger partial charge on any atom is 0.266 e. The molecule has 0 amide bonds. The number of nitrogens with one attached hydrogen (secondary N) is 1. The average Bonchev–Trinajstić information content (AvgIpc) is 3.50. The minimum Gasteiger partial charge on any atom is -0.493 e. The zero-order valence-corrected chi connectivity index (χ0v) is 18.7. The Bertz CT molecular complexity index is 1330. The lowest BCUT2D eigenvalue weighted by Gasteiger charge is -2.10. The highest BCUT2D eigenvalue weighted by Gasteiger charge is 2.29. The second kappa shape index (κ2) is 9.37. The third-order valence-electron chi connectivity index (χ3n) is 4.85. The lowest BCUT2D eigenvalue weighted by Crippen LogP contribution is -2.10. The summed E-state index contributed by atoms with van der Waals surface area (Å²) in [6, 6.07) is 13.3. The Balaban J connectivity index is 1.61. The molecule has 0 aliphatic carbocycles. The van der Waals surface area contributed by atoms with Crippen LogP contribution >= 0.6 is 0 Å². The summed E-state index contributed by atoms with van der Waals surface area (Å²) in [4.78, 5) is 4.05. The highest BCUT2D eigenvalue weighted by atomic mass is 32.2. The van der Waals surface area contributed by atoms with Crippen LogP contribution in [0.25, 0.3) is 11.7 Å². The van der Waals surface area contributed by atoms with Crippen molar-refractivity contribution in [1.82, 2.24) is 4.98 Å². The van der Waals surface area contributed by atoms with Crippen LogP contribution in [0.4, 0.5) is 10.3 Å². The molecule has 10 heteroatoms. The molecule has 2 heterocycles. The Morgan fingerprint density at radius 1 is 1.03 bits per heavy atom. The van der Waals surface area contributed by atoms with Gasteiger partial charge in [-0.1, -0.05) is 6.07 Å². The van der Waals surface area contributed by atoms with E-state index in [1.165, 1.54) is 18.4 Å². The van der Waals surface area contributed by atoms with Crippen molar-refractivity contribution >= 4 is 15.7 Å². The zero-order valence-electron chi connectivity index (χ0n) is 17.9. The Morgan fingerprint density at radius 3 is 2.45 bits per heavy atom. The summed E-state index contributed by atoms with van der Waals surface area (Å²) in [7, 11) is -0.973. The van der Waals surface area contributed by atoms with Gasteiger partial charge in [-0.3, -0.25) is 0 Å². The molecule has 8 nitrogen and oxygen atoms in total. The van der Waals surface area contributed by atoms with Crippen LogP contribution in [-0.4, -0.2) is 34.2 Å². The monoisotopic (exact) mass is 472 g/mol. The van der Waals surface area contributed by atoms with E-state index in [9.17, 15) is 12.8 Å². The number of anilines is 1. The normalized spacial score (nSPS) is 11.4. The highest BCUT2D eigenvalue weighted by Crippen LogP contribution is 2.33. The van der Waals surface area contributed by atoms with Gasteiger partial charge in [-0.2, -0.15) is 4.98 Å². The molecule has 2 aromatic carbocycles. The number of benzene rings is 2. The van der Waals surface area contributed by atoms with Crippen molar-refractivity contribution in [1.29, 1.82) is 0 Å². The van der Waals surface area contributed by atoms with Crippen LogP contribution < -0.4 is 14.8 Å². The first-order valence-corrected chi connectivity index (χ1v) is 11.4. The maximum absolute atomic E-state index is 13.3. The van der Waals surface area contributed by atoms with E-state index in [1.807, 2.05) is 12.1 Å². The standard InChI is InChI=1S/C23H21FN2O6S/c1-29-18-10-5-15(14-20(18)30-2)11-12-25-22-23(26-21(32-22)19-4-3-13-31-19)33(27,28)17-8-6-16(24)7-9-17/h3-10,13-14,25H,11-12H2,1-2H3. The van der Waals surface area contributed by atoms with Crippen LogP contribution in [0.15, 0.2) is 79.6 Å². The minimum atomic E-state index is -4.08. The van der Waals surface area contributed by atoms with E-state index in [0.717, 1.165) is 17.7 Å². The Hall–Kier alpha value is -3.79. The summed E-state index contributed by atoms with van der Waals surface area (Å²) >= 11 is 0. The highest BCUT2D eigenvalue weighted by molar-refractivity contribution is 7.91. The van der Waals surface area contributed by atoms with E-state index in [0.29, 0.717) is 24.5 Å². The predicted octanol–water partition coefficient (Wildman–Crippen LogP) is 4.58. The van der Waals surface area contributed by atoms with E-state index in [1.54, 1.807) is 32.4 Å². The van der Waals surface area contributed by atoms with Gasteiger partial charge in [0, 0.05) is 6.54 Å². The molecular formula is C23H21FN2O6S. The molecule has 0 aliphatic heterocycles. The quantitative estimate of drug-likeness (QED) is 0.353. The van der Waals surface area contributed by atoms with Crippen molar-refractivity contribution < 1.29 is 31.1 Å². The van der Waals surface area contributed by atoms with Gasteiger partial charge in [-0.05, 0) is 60.5 Å². The number of ether oxygens (including phenoxy) is 2. The van der Waals surface area contributed by atoms with E-state index in [-0.39, 0.29) is 27.5 Å². The molecule has 4 rings (SSSR count). The molecule has 1 N–H and O–H groups in total. The van der Waals surface area contributed by atoms with E-state index < -0.39 is 15.7 Å². The molecule has 0 saturated heterocycles. The van der Waals surface area contributed by atoms with E-state index in [2.05, 4.69) is 10.3 Å². The smallest absolute Gasteiger partial charge is 0.266 e. The average molecular weight is 472 g/mol. The molecular weight excluding hydrogens is 451 g/mol. The number of methoxy groups -OCH3 is 2. The summed E-state index contributed by atoms with van der Waals surface area (Å²) in [6.45, 7) is 0.341. The second-order valence-corrected chi connectivity index (χ2v) is 8.82. The summed E-state index contributed by atoms with van der Waals surface area (Å²) in [5, 5.41) is 2.69. The van der Waals surface area contributed by atoms with Gasteiger partial charge in [-0.15, -0.1) is 0 Å². The van der Waals surface area contributed by atoms with Crippen molar-refractivity contribution in [2.45, 2.75) is 16.3 Å². The molecule has 0 saturated carbocycles. The largest absolute Gasteiger partial charge is 0.493 e. The van der Waals surface area contributed by atoms with Gasteiger partial charge in [0.1, 0.15) is 5.82 Å². The van der Waals surface area contributed by atoms with Gasteiger partial charge in [0.15, 0.2) is 17.3 Å². The molecule has 0 spiro atoms. The predicted molar refractivity (Wildman–Crippen MR) is 118 cm³/mol. The van der Waals surface area contributed by atoms with Gasteiger partial charge < -0.3 is 23.6 Å². The summed E-state index contributed by atoms with van der Waals surface area (Å²) < 4.78 is 61.2. The number of halogens is 1. The number of hydrogen-bond donors (Lipinski definition) is 1. The molecule has 0 aliphatic rings. The van der Waals surface area contributed by atoms with Crippen LogP contribution in [0.2, 0.25) is 0 Å². The summed E-state index contributed by atoms with van der Waals surface area (Å²) in [6.07, 6.45) is 1.96. The van der Waals surface area contributed by atoms with Crippen LogP contribution in [0, 0.1) is 5.82 Å². The summed E-state index contributed by atoms with van der Waals surface area (Å²) in [5.74, 6) is 0.909. The van der Waals surface area contributed by atoms with Crippen LogP contribution in [0.1, 0.15) is 5.56 Å². The number of rotatable bonds is 9. The maximum atomic E-state index is 13.3. The number of furan rings is 1. The second-order valence-electron chi connectivity index (χ2n) is 6.95. The van der Waals surface area contributed by atoms with Gasteiger partial charge in [0.05, 0.1) is 25.4 Å². The lowest BCUT2D eigenvalue weighted by atomic mass is 10.1. The third-order valence-corrected chi connectivity index (χ3v) is 6.53. The molecule has 0 radical (unpaired) electrons. The number of hydrogen-bond acceptors (Lipinski definition) is 8. The molecule has 0 fully saturated rings. The lowest BCUT2D eigenvalue weighted by molar-refractivity contribution is 0.354. The molecule has 33 heavy (non-hydrogen) atoms. The number of oxazole rings is 1. The fraction of sp³-hybridized carbons (Fsp3) is 0.174. The first kappa shape index (κ1) is 22.4. The van der Waals surface area contributed by atoms with Gasteiger partial charge >= 0.3 is 0 Å². The first-order chi connectivity index (χ1) is 15.9. The van der Waals surface area contributed by atoms with Crippen LogP contribution in [0.3, 0.4) is 0 Å². The summed E-state index contributed by atoms with van der Waals surface area (Å²) in [5.41, 5.74) is 0.939. The number of nitrogens with zero attached hydrogens (tertiary/aromatic N) is 1. The Labute approximate surface area is 189 Å². The number of sulfone groups is 1. The fourth-order valence-corrected chi connectivity index (χ4v) is 4.47. The van der Waals surface area contributed by atoms with Crippen molar-refractivity contribution in [3.8, 4) is 23.1 Å². The topological polar surface area (TPSA) is 104 Å². The van der Waals surface area contributed by atoms with Crippen molar-refractivity contribution in [3.63, 3.8) is 0 Å². The third kappa shape index (κ3) is 4.70. The molecule has 172 valence electrons. The first-order valence-electron chi connectivity index (χ1n) is 9.92. The van der Waals surface area contributed by atoms with E-state index in [4.69, 9.17) is 18.3 Å². The van der Waals surface area contributed by atoms with Crippen molar-refractivity contribution in [2.24, 2.45) is 0 Å². The van der Waals surface area contributed by atoms with Crippen molar-refractivity contribution in [3.05, 3.63) is 72.2 Å². The molecule has 2 aromatic heterocycles. The number of aromatic nitrogens is 1. The van der Waals surface area contributed by atoms with Crippen LogP contribution in [0.5, 0.6) is 11.5 Å². The Kier molecular flexibility index (Phi) is 6.36. The van der Waals surface area contributed by atoms with Gasteiger partial charge in [0.25, 0.3) is 5.89 Å². The Morgan fingerprint density at radius 2 is 1.79 bits per heavy atom. The van der Waals surface area contributed by atoms with Gasteiger partial charge in [0.2, 0.25) is 20.7 Å². The zero-order chi connectivity index (χ0) is 23.4. The van der Waals surface area contributed by atoms with Crippen LogP contribution in [-0.2, 0) is 16.3 Å². The fourth-order valence-electron chi connectivity index (χ4n) is 3.19. The SMILES string of the molecule is COc1ccc(CCNc2oc(-c3ccco3)nc2S(=O)(=O)c2ccc(F)cc2)cc1OC. The van der Waals surface area contributed by atoms with Gasteiger partial charge in [-0.25, -0.2) is 12.8 Å². The molecule has 0 atom stereocenters. The van der Waals surface area contributed by atoms with Crippen molar-refractivity contribution in [2.75, 3.05) is 26.1 Å². The minimum absolute atomic E-state index is 0.00861. The van der Waals surface area contributed by atoms with E-state index >= 15 is 0 Å². The molecule has 0 bridgehead atoms. The molecule has 4 aromatic rings.